The molecule has 3 nitrogen and oxygen atoms in total. The Bertz CT molecular complexity index is 174. The van der Waals surface area contributed by atoms with Crippen molar-refractivity contribution in [2.24, 2.45) is 10.9 Å². The van der Waals surface area contributed by atoms with Gasteiger partial charge in [-0.15, -0.1) is 0 Å². The number of hydrogen-bond acceptors (Lipinski definition) is 3. The second-order valence-electron chi connectivity index (χ2n) is 3.82. The first-order chi connectivity index (χ1) is 6.83. The predicted octanol–water partition coefficient (Wildman–Crippen LogP) is 1.83. The van der Waals surface area contributed by atoms with E-state index in [1.807, 2.05) is 13.8 Å². The molecule has 1 heterocycles. The third kappa shape index (κ3) is 4.61. The highest BCUT2D eigenvalue weighted by atomic mass is 16.5. The summed E-state index contributed by atoms with van der Waals surface area (Å²) in [6, 6.07) is 0. The van der Waals surface area contributed by atoms with Gasteiger partial charge in [0.1, 0.15) is 0 Å². The molecule has 0 atom stereocenters. The van der Waals surface area contributed by atoms with Crippen LogP contribution in [0.25, 0.3) is 0 Å². The van der Waals surface area contributed by atoms with Crippen molar-refractivity contribution in [1.29, 1.82) is 0 Å². The van der Waals surface area contributed by atoms with Gasteiger partial charge in [0.2, 0.25) is 0 Å². The highest BCUT2D eigenvalue weighted by Crippen LogP contribution is 2.15. The second-order valence-corrected chi connectivity index (χ2v) is 3.82. The Morgan fingerprint density at radius 2 is 2.14 bits per heavy atom. The molecule has 0 radical (unpaired) electrons. The smallest absolute Gasteiger partial charge is 0.179 e. The maximum absolute atomic E-state index is 5.27. The molecule has 0 aromatic rings. The van der Waals surface area contributed by atoms with Crippen molar-refractivity contribution in [3.8, 4) is 0 Å². The number of ether oxygens (including phenoxy) is 1. The topological polar surface area (TPSA) is 33.6 Å². The van der Waals surface area contributed by atoms with Gasteiger partial charge < -0.3 is 10.1 Å². The van der Waals surface area contributed by atoms with Crippen molar-refractivity contribution in [3.63, 3.8) is 0 Å². The molecule has 14 heavy (non-hydrogen) atoms. The van der Waals surface area contributed by atoms with Crippen molar-refractivity contribution in [2.45, 2.75) is 33.1 Å². The van der Waals surface area contributed by atoms with Gasteiger partial charge in [-0.1, -0.05) is 0 Å². The van der Waals surface area contributed by atoms with Gasteiger partial charge in [-0.2, -0.15) is 0 Å². The van der Waals surface area contributed by atoms with Gasteiger partial charge in [-0.3, -0.25) is 4.99 Å². The van der Waals surface area contributed by atoms with Crippen LogP contribution in [-0.2, 0) is 4.74 Å². The van der Waals surface area contributed by atoms with E-state index in [1.54, 1.807) is 0 Å². The molecule has 1 rings (SSSR count). The molecule has 1 N–H and O–H groups in total. The van der Waals surface area contributed by atoms with Crippen LogP contribution in [0.2, 0.25) is 0 Å². The minimum absolute atomic E-state index is 0.725. The molecule has 1 fully saturated rings. The summed E-state index contributed by atoms with van der Waals surface area (Å²) in [5.74, 6) is 1.70. The summed E-state index contributed by atoms with van der Waals surface area (Å²) in [6.45, 7) is 7.94. The number of rotatable bonds is 4. The first-order valence-corrected chi connectivity index (χ1v) is 5.67. The monoisotopic (exact) mass is 198 g/mol. The lowest BCUT2D eigenvalue weighted by atomic mass is 9.95. The van der Waals surface area contributed by atoms with E-state index < -0.39 is 0 Å². The fourth-order valence-electron chi connectivity index (χ4n) is 1.83. The molecule has 3 heteroatoms. The number of nitrogens with one attached hydrogen (secondary N) is 1. The maximum atomic E-state index is 5.27. The Morgan fingerprint density at radius 3 is 2.79 bits per heavy atom. The molecule has 1 aliphatic heterocycles. The average molecular weight is 198 g/mol. The van der Waals surface area contributed by atoms with Crippen LogP contribution in [0.4, 0.5) is 0 Å². The number of aliphatic imine (C=N–C) groups is 1. The van der Waals surface area contributed by atoms with Gasteiger partial charge in [0.15, 0.2) is 5.90 Å². The molecule has 0 amide bonds. The lowest BCUT2D eigenvalue weighted by Gasteiger charge is -2.21. The van der Waals surface area contributed by atoms with E-state index in [1.165, 1.54) is 32.4 Å². The van der Waals surface area contributed by atoms with Gasteiger partial charge in [-0.05, 0) is 45.2 Å². The van der Waals surface area contributed by atoms with Crippen molar-refractivity contribution in [2.75, 3.05) is 26.2 Å². The van der Waals surface area contributed by atoms with Gasteiger partial charge in [0, 0.05) is 13.5 Å². The summed E-state index contributed by atoms with van der Waals surface area (Å²) in [5, 5.41) is 3.37. The molecule has 82 valence electrons. The molecular formula is C11H22N2O. The Hall–Kier alpha value is -0.570. The molecule has 0 spiro atoms. The third-order valence-electron chi connectivity index (χ3n) is 2.68. The van der Waals surface area contributed by atoms with Crippen LogP contribution in [0, 0.1) is 5.92 Å². The minimum Gasteiger partial charge on any atom is -0.481 e. The molecule has 0 unspecified atom stereocenters. The first kappa shape index (κ1) is 11.5. The van der Waals surface area contributed by atoms with Crippen LogP contribution >= 0.6 is 0 Å². The van der Waals surface area contributed by atoms with Crippen LogP contribution in [-0.4, -0.2) is 32.1 Å². The quantitative estimate of drug-likeness (QED) is 0.552. The van der Waals surface area contributed by atoms with Gasteiger partial charge in [0.05, 0.1) is 6.61 Å². The second kappa shape index (κ2) is 6.82. The average Bonchev–Trinajstić information content (AvgIpc) is 2.20. The minimum atomic E-state index is 0.725. The molecule has 1 saturated heterocycles. The lowest BCUT2D eigenvalue weighted by molar-refractivity contribution is 0.319. The van der Waals surface area contributed by atoms with Crippen LogP contribution in [0.1, 0.15) is 33.1 Å². The van der Waals surface area contributed by atoms with Crippen LogP contribution < -0.4 is 5.32 Å². The van der Waals surface area contributed by atoms with Crippen LogP contribution in [0.5, 0.6) is 0 Å². The van der Waals surface area contributed by atoms with E-state index in [9.17, 15) is 0 Å². The Labute approximate surface area is 86.9 Å². The van der Waals surface area contributed by atoms with Crippen molar-refractivity contribution < 1.29 is 4.74 Å². The van der Waals surface area contributed by atoms with E-state index in [0.29, 0.717) is 0 Å². The largest absolute Gasteiger partial charge is 0.481 e. The molecule has 0 bridgehead atoms. The fraction of sp³-hybridized carbons (Fsp3) is 0.909. The summed E-state index contributed by atoms with van der Waals surface area (Å²) >= 11 is 0. The molecule has 0 aliphatic carbocycles. The standard InChI is InChI=1S/C11H22N2O/c1-3-14-10(2)13-9-6-11-4-7-12-8-5-11/h11-12H,3-9H2,1-2H3. The van der Waals surface area contributed by atoms with Gasteiger partial charge in [0.25, 0.3) is 0 Å². The summed E-state index contributed by atoms with van der Waals surface area (Å²) in [4.78, 5) is 4.38. The number of nitrogens with zero attached hydrogens (tertiary/aromatic N) is 1. The van der Waals surface area contributed by atoms with Gasteiger partial charge >= 0.3 is 0 Å². The normalized spacial score (nSPS) is 19.7. The zero-order chi connectivity index (χ0) is 10.2. The molecular weight excluding hydrogens is 176 g/mol. The summed E-state index contributed by atoms with van der Waals surface area (Å²) in [5.41, 5.74) is 0. The summed E-state index contributed by atoms with van der Waals surface area (Å²) in [7, 11) is 0. The SMILES string of the molecule is CCOC(C)=NCCC1CCNCC1. The van der Waals surface area contributed by atoms with Gasteiger partial charge in [-0.25, -0.2) is 0 Å². The zero-order valence-electron chi connectivity index (χ0n) is 9.38. The fourth-order valence-corrected chi connectivity index (χ4v) is 1.83. The zero-order valence-corrected chi connectivity index (χ0v) is 9.38. The van der Waals surface area contributed by atoms with E-state index in [4.69, 9.17) is 4.74 Å². The van der Waals surface area contributed by atoms with E-state index in [-0.39, 0.29) is 0 Å². The van der Waals surface area contributed by atoms with Crippen molar-refractivity contribution >= 4 is 5.90 Å². The molecule has 1 aliphatic rings. The lowest BCUT2D eigenvalue weighted by Crippen LogP contribution is -2.28. The first-order valence-electron chi connectivity index (χ1n) is 5.67. The molecule has 0 aromatic heterocycles. The van der Waals surface area contributed by atoms with Crippen molar-refractivity contribution in [1.82, 2.24) is 5.32 Å². The maximum Gasteiger partial charge on any atom is 0.179 e. The highest BCUT2D eigenvalue weighted by Gasteiger charge is 2.11. The Kier molecular flexibility index (Phi) is 5.60. The van der Waals surface area contributed by atoms with Crippen LogP contribution in [0.3, 0.4) is 0 Å². The number of hydrogen-bond donors (Lipinski definition) is 1. The molecule has 0 saturated carbocycles. The highest BCUT2D eigenvalue weighted by molar-refractivity contribution is 5.72. The van der Waals surface area contributed by atoms with E-state index in [2.05, 4.69) is 10.3 Å². The molecule has 0 aromatic carbocycles. The predicted molar refractivity (Wildman–Crippen MR) is 59.8 cm³/mol. The summed E-state index contributed by atoms with van der Waals surface area (Å²) in [6.07, 6.45) is 3.83. The Morgan fingerprint density at radius 1 is 1.43 bits per heavy atom. The van der Waals surface area contributed by atoms with Crippen LogP contribution in [0.15, 0.2) is 4.99 Å². The van der Waals surface area contributed by atoms with Crippen molar-refractivity contribution in [3.05, 3.63) is 0 Å². The summed E-state index contributed by atoms with van der Waals surface area (Å²) < 4.78 is 5.27. The van der Waals surface area contributed by atoms with E-state index in [0.717, 1.165) is 25.0 Å². The third-order valence-corrected chi connectivity index (χ3v) is 2.68. The Balaban J connectivity index is 2.09. The number of piperidine rings is 1. The van der Waals surface area contributed by atoms with E-state index >= 15 is 0 Å².